The van der Waals surface area contributed by atoms with Crippen LogP contribution in [0.1, 0.15) is 55.2 Å². The first-order valence-electron chi connectivity index (χ1n) is 6.58. The summed E-state index contributed by atoms with van der Waals surface area (Å²) in [5.74, 6) is 0.776. The van der Waals surface area contributed by atoms with Crippen LogP contribution in [0.3, 0.4) is 0 Å². The van der Waals surface area contributed by atoms with E-state index in [4.69, 9.17) is 0 Å². The molecule has 4 heteroatoms. The molecule has 0 radical (unpaired) electrons. The second kappa shape index (κ2) is 5.68. The monoisotopic (exact) mass is 268 g/mol. The van der Waals surface area contributed by atoms with Crippen molar-refractivity contribution in [2.75, 3.05) is 0 Å². The fourth-order valence-electron chi connectivity index (χ4n) is 2.45. The zero-order valence-electron chi connectivity index (χ0n) is 11.2. The van der Waals surface area contributed by atoms with Crippen LogP contribution in [0.5, 0.6) is 5.75 Å². The van der Waals surface area contributed by atoms with Gasteiger partial charge in [-0.25, -0.2) is 0 Å². The smallest absolute Gasteiger partial charge is 0.387 e. The Morgan fingerprint density at radius 3 is 2.53 bits per heavy atom. The van der Waals surface area contributed by atoms with Gasteiger partial charge in [-0.15, -0.1) is 0 Å². The number of aldehydes is 1. The minimum atomic E-state index is -2.82. The average molecular weight is 268 g/mol. The molecule has 1 aromatic carbocycles. The molecular formula is C15H18F2O2. The fourth-order valence-corrected chi connectivity index (χ4v) is 2.45. The molecule has 0 heterocycles. The van der Waals surface area contributed by atoms with E-state index in [2.05, 4.69) is 4.74 Å². The summed E-state index contributed by atoms with van der Waals surface area (Å²) >= 11 is 0. The van der Waals surface area contributed by atoms with E-state index >= 15 is 0 Å². The predicted octanol–water partition coefficient (Wildman–Crippen LogP) is 4.03. The van der Waals surface area contributed by atoms with E-state index < -0.39 is 6.61 Å². The summed E-state index contributed by atoms with van der Waals surface area (Å²) in [6.07, 6.45) is 3.33. The van der Waals surface area contributed by atoms with Crippen molar-refractivity contribution in [2.24, 2.45) is 0 Å². The van der Waals surface area contributed by atoms with Crippen LogP contribution in [0, 0.1) is 0 Å². The van der Waals surface area contributed by atoms with Gasteiger partial charge < -0.3 is 9.53 Å². The van der Waals surface area contributed by atoms with Crippen LogP contribution in [-0.2, 0) is 11.2 Å². The third-order valence-corrected chi connectivity index (χ3v) is 3.44. The van der Waals surface area contributed by atoms with E-state index in [1.807, 2.05) is 13.8 Å². The minimum Gasteiger partial charge on any atom is -0.435 e. The summed E-state index contributed by atoms with van der Waals surface area (Å²) in [7, 11) is 0. The van der Waals surface area contributed by atoms with Crippen LogP contribution >= 0.6 is 0 Å². The van der Waals surface area contributed by atoms with Crippen LogP contribution in [0.4, 0.5) is 8.78 Å². The molecule has 1 aliphatic carbocycles. The van der Waals surface area contributed by atoms with Crippen LogP contribution in [0.25, 0.3) is 0 Å². The average Bonchev–Trinajstić information content (AvgIpc) is 3.13. The zero-order chi connectivity index (χ0) is 14.0. The molecule has 1 aliphatic rings. The molecule has 1 aromatic rings. The van der Waals surface area contributed by atoms with E-state index in [0.29, 0.717) is 12.3 Å². The molecule has 2 rings (SSSR count). The molecule has 0 saturated heterocycles. The SMILES string of the molecule is CC(C)c1cc(OC(F)F)cc(C2CC2)c1CC=O. The molecule has 0 bridgehead atoms. The zero-order valence-corrected chi connectivity index (χ0v) is 11.2. The molecule has 0 atom stereocenters. The number of carbonyl (C=O) groups is 1. The largest absolute Gasteiger partial charge is 0.435 e. The highest BCUT2D eigenvalue weighted by atomic mass is 19.3. The van der Waals surface area contributed by atoms with Gasteiger partial charge in [-0.05, 0) is 53.5 Å². The third kappa shape index (κ3) is 3.31. The van der Waals surface area contributed by atoms with Gasteiger partial charge in [0, 0.05) is 6.42 Å². The molecule has 19 heavy (non-hydrogen) atoms. The Balaban J connectivity index is 2.47. The Hall–Kier alpha value is -1.45. The van der Waals surface area contributed by atoms with Gasteiger partial charge in [0.25, 0.3) is 0 Å². The lowest BCUT2D eigenvalue weighted by Crippen LogP contribution is -2.07. The van der Waals surface area contributed by atoms with Crippen molar-refractivity contribution >= 4 is 6.29 Å². The second-order valence-electron chi connectivity index (χ2n) is 5.26. The lowest BCUT2D eigenvalue weighted by atomic mass is 9.89. The normalized spacial score (nSPS) is 15.1. The predicted molar refractivity (Wildman–Crippen MR) is 68.9 cm³/mol. The standard InChI is InChI=1S/C15H18F2O2/c1-9(2)13-7-11(19-15(16)17)8-14(10-3-4-10)12(13)5-6-18/h6-10,15H,3-5H2,1-2H3. The van der Waals surface area contributed by atoms with Crippen LogP contribution in [0.15, 0.2) is 12.1 Å². The van der Waals surface area contributed by atoms with Crippen molar-refractivity contribution in [3.05, 3.63) is 28.8 Å². The highest BCUT2D eigenvalue weighted by Crippen LogP contribution is 2.45. The van der Waals surface area contributed by atoms with Crippen molar-refractivity contribution in [1.82, 2.24) is 0 Å². The van der Waals surface area contributed by atoms with Gasteiger partial charge in [0.1, 0.15) is 12.0 Å². The molecule has 0 unspecified atom stereocenters. The molecule has 0 aliphatic heterocycles. The minimum absolute atomic E-state index is 0.175. The fraction of sp³-hybridized carbons (Fsp3) is 0.533. The maximum atomic E-state index is 12.4. The Bertz CT molecular complexity index is 442. The first kappa shape index (κ1) is 14.0. The number of hydrogen-bond acceptors (Lipinski definition) is 2. The van der Waals surface area contributed by atoms with Gasteiger partial charge in [-0.3, -0.25) is 0 Å². The summed E-state index contributed by atoms with van der Waals surface area (Å²) in [5.41, 5.74) is 2.94. The lowest BCUT2D eigenvalue weighted by Gasteiger charge is -2.18. The highest BCUT2D eigenvalue weighted by Gasteiger charge is 2.28. The Morgan fingerprint density at radius 2 is 2.05 bits per heavy atom. The van der Waals surface area contributed by atoms with Gasteiger partial charge in [0.2, 0.25) is 0 Å². The number of benzene rings is 1. The number of alkyl halides is 2. The van der Waals surface area contributed by atoms with E-state index in [1.165, 1.54) is 0 Å². The number of ether oxygens (including phenoxy) is 1. The van der Waals surface area contributed by atoms with Gasteiger partial charge in [-0.2, -0.15) is 8.78 Å². The van der Waals surface area contributed by atoms with Crippen molar-refractivity contribution in [3.8, 4) is 5.75 Å². The Kier molecular flexibility index (Phi) is 4.17. The second-order valence-corrected chi connectivity index (χ2v) is 5.26. The Labute approximate surface area is 111 Å². The van der Waals surface area contributed by atoms with E-state index in [-0.39, 0.29) is 11.7 Å². The number of rotatable bonds is 6. The molecular weight excluding hydrogens is 250 g/mol. The summed E-state index contributed by atoms with van der Waals surface area (Å²) < 4.78 is 29.3. The van der Waals surface area contributed by atoms with Gasteiger partial charge in [-0.1, -0.05) is 13.8 Å². The van der Waals surface area contributed by atoms with E-state index in [0.717, 1.165) is 35.8 Å². The summed E-state index contributed by atoms with van der Waals surface area (Å²) in [4.78, 5) is 10.9. The molecule has 104 valence electrons. The molecule has 1 saturated carbocycles. The summed E-state index contributed by atoms with van der Waals surface area (Å²) in [6, 6.07) is 3.32. The van der Waals surface area contributed by atoms with Gasteiger partial charge >= 0.3 is 6.61 Å². The molecule has 0 N–H and O–H groups in total. The molecule has 0 aromatic heterocycles. The van der Waals surface area contributed by atoms with Gasteiger partial charge in [0.15, 0.2) is 0 Å². The van der Waals surface area contributed by atoms with E-state index in [9.17, 15) is 13.6 Å². The van der Waals surface area contributed by atoms with Gasteiger partial charge in [0.05, 0.1) is 0 Å². The van der Waals surface area contributed by atoms with E-state index in [1.54, 1.807) is 12.1 Å². The number of carbonyl (C=O) groups excluding carboxylic acids is 1. The molecule has 2 nitrogen and oxygen atoms in total. The quantitative estimate of drug-likeness (QED) is 0.728. The van der Waals surface area contributed by atoms with Crippen molar-refractivity contribution in [3.63, 3.8) is 0 Å². The first-order valence-corrected chi connectivity index (χ1v) is 6.58. The maximum absolute atomic E-state index is 12.4. The summed E-state index contributed by atoms with van der Waals surface area (Å²) in [5, 5.41) is 0. The number of hydrogen-bond donors (Lipinski definition) is 0. The summed E-state index contributed by atoms with van der Waals surface area (Å²) in [6.45, 7) is 1.17. The maximum Gasteiger partial charge on any atom is 0.387 e. The molecule has 1 fully saturated rings. The Morgan fingerprint density at radius 1 is 1.37 bits per heavy atom. The highest BCUT2D eigenvalue weighted by molar-refractivity contribution is 5.60. The lowest BCUT2D eigenvalue weighted by molar-refractivity contribution is -0.107. The van der Waals surface area contributed by atoms with Crippen LogP contribution < -0.4 is 4.74 Å². The van der Waals surface area contributed by atoms with Crippen molar-refractivity contribution < 1.29 is 18.3 Å². The van der Waals surface area contributed by atoms with Crippen molar-refractivity contribution in [2.45, 2.75) is 51.6 Å². The van der Waals surface area contributed by atoms with Crippen LogP contribution in [-0.4, -0.2) is 12.9 Å². The third-order valence-electron chi connectivity index (χ3n) is 3.44. The van der Waals surface area contributed by atoms with Crippen molar-refractivity contribution in [1.29, 1.82) is 0 Å². The topological polar surface area (TPSA) is 26.3 Å². The van der Waals surface area contributed by atoms with Crippen LogP contribution in [0.2, 0.25) is 0 Å². The number of halogens is 2. The molecule has 0 spiro atoms. The molecule has 0 amide bonds. The first-order chi connectivity index (χ1) is 9.02.